The molecule has 1 atom stereocenters. The van der Waals surface area contributed by atoms with Gasteiger partial charge in [0.25, 0.3) is 0 Å². The molecule has 2 rings (SSSR count). The van der Waals surface area contributed by atoms with Crippen molar-refractivity contribution in [2.75, 3.05) is 19.6 Å². The van der Waals surface area contributed by atoms with Crippen LogP contribution in [0.4, 0.5) is 4.39 Å². The second-order valence-corrected chi connectivity index (χ2v) is 6.23. The first kappa shape index (κ1) is 16.4. The maximum atomic E-state index is 13.4. The summed E-state index contributed by atoms with van der Waals surface area (Å²) in [7, 11) is -3.74. The normalized spacial score (nSPS) is 19.7. The molecule has 108 valence electrons. The summed E-state index contributed by atoms with van der Waals surface area (Å²) in [5.74, 6) is -0.438. The topological polar surface area (TPSA) is 58.2 Å². The number of nitrogens with one attached hydrogen (secondary N) is 2. The molecule has 2 N–H and O–H groups in total. The fourth-order valence-corrected chi connectivity index (χ4v) is 3.26. The molecule has 19 heavy (non-hydrogen) atoms. The van der Waals surface area contributed by atoms with E-state index in [1.54, 1.807) is 0 Å². The quantitative estimate of drug-likeness (QED) is 0.887. The highest BCUT2D eigenvalue weighted by Crippen LogP contribution is 2.14. The first-order chi connectivity index (χ1) is 8.59. The Balaban J connectivity index is 0.00000180. The summed E-state index contributed by atoms with van der Waals surface area (Å²) in [4.78, 5) is -0.284. The lowest BCUT2D eigenvalue weighted by atomic mass is 10.0. The zero-order chi connectivity index (χ0) is 13.0. The van der Waals surface area contributed by atoms with Crippen LogP contribution in [0.25, 0.3) is 0 Å². The van der Waals surface area contributed by atoms with Gasteiger partial charge in [-0.3, -0.25) is 0 Å². The summed E-state index contributed by atoms with van der Waals surface area (Å²) in [6.07, 6.45) is 2.04. The first-order valence-electron chi connectivity index (χ1n) is 6.04. The van der Waals surface area contributed by atoms with E-state index in [4.69, 9.17) is 0 Å². The van der Waals surface area contributed by atoms with Gasteiger partial charge in [-0.1, -0.05) is 12.1 Å². The minimum atomic E-state index is -3.74. The molecule has 1 aromatic rings. The van der Waals surface area contributed by atoms with Gasteiger partial charge in [0.2, 0.25) is 10.0 Å². The van der Waals surface area contributed by atoms with Crippen LogP contribution < -0.4 is 10.0 Å². The average Bonchev–Trinajstić information content (AvgIpc) is 2.38. The van der Waals surface area contributed by atoms with Gasteiger partial charge < -0.3 is 5.32 Å². The maximum absolute atomic E-state index is 13.4. The maximum Gasteiger partial charge on any atom is 0.243 e. The van der Waals surface area contributed by atoms with Crippen molar-refractivity contribution in [2.24, 2.45) is 5.92 Å². The molecule has 0 aliphatic carbocycles. The third-order valence-electron chi connectivity index (χ3n) is 3.09. The molecule has 7 heteroatoms. The Bertz CT molecular complexity index is 504. The van der Waals surface area contributed by atoms with E-state index in [2.05, 4.69) is 10.0 Å². The molecule has 0 aromatic heterocycles. The molecular formula is C12H18ClFN2O2S. The number of halogens is 2. The molecule has 0 amide bonds. The summed E-state index contributed by atoms with van der Waals surface area (Å²) < 4.78 is 39.7. The molecule has 4 nitrogen and oxygen atoms in total. The summed E-state index contributed by atoms with van der Waals surface area (Å²) >= 11 is 0. The summed E-state index contributed by atoms with van der Waals surface area (Å²) in [5, 5.41) is 3.21. The Morgan fingerprint density at radius 3 is 2.74 bits per heavy atom. The van der Waals surface area contributed by atoms with Crippen molar-refractivity contribution in [3.05, 3.63) is 30.1 Å². The minimum Gasteiger partial charge on any atom is -0.316 e. The van der Waals surface area contributed by atoms with Crippen LogP contribution in [0, 0.1) is 11.7 Å². The largest absolute Gasteiger partial charge is 0.316 e. The van der Waals surface area contributed by atoms with Gasteiger partial charge in [-0.15, -0.1) is 12.4 Å². The highest BCUT2D eigenvalue weighted by Gasteiger charge is 2.20. The van der Waals surface area contributed by atoms with E-state index in [-0.39, 0.29) is 23.2 Å². The van der Waals surface area contributed by atoms with Crippen LogP contribution >= 0.6 is 12.4 Å². The lowest BCUT2D eigenvalue weighted by Gasteiger charge is -2.22. The molecule has 1 fully saturated rings. The van der Waals surface area contributed by atoms with Crippen molar-refractivity contribution >= 4 is 22.4 Å². The van der Waals surface area contributed by atoms with Crippen molar-refractivity contribution in [2.45, 2.75) is 17.7 Å². The highest BCUT2D eigenvalue weighted by atomic mass is 35.5. The molecule has 1 saturated heterocycles. The number of rotatable bonds is 4. The molecule has 0 bridgehead atoms. The van der Waals surface area contributed by atoms with Crippen molar-refractivity contribution in [3.63, 3.8) is 0 Å². The van der Waals surface area contributed by atoms with E-state index in [9.17, 15) is 12.8 Å². The molecular weight excluding hydrogens is 291 g/mol. The predicted molar refractivity (Wildman–Crippen MR) is 74.4 cm³/mol. The van der Waals surface area contributed by atoms with Crippen LogP contribution in [0.1, 0.15) is 12.8 Å². The van der Waals surface area contributed by atoms with Gasteiger partial charge in [-0.2, -0.15) is 0 Å². The van der Waals surface area contributed by atoms with Crippen molar-refractivity contribution in [3.8, 4) is 0 Å². The Kier molecular flexibility index (Phi) is 6.19. The van der Waals surface area contributed by atoms with Crippen molar-refractivity contribution in [1.29, 1.82) is 0 Å². The third kappa shape index (κ3) is 4.42. The molecule has 1 unspecified atom stereocenters. The number of piperidine rings is 1. The Labute approximate surface area is 119 Å². The molecule has 1 aliphatic rings. The van der Waals surface area contributed by atoms with Gasteiger partial charge in [0.1, 0.15) is 10.7 Å². The van der Waals surface area contributed by atoms with Gasteiger partial charge in [-0.25, -0.2) is 17.5 Å². The summed E-state index contributed by atoms with van der Waals surface area (Å²) in [6.45, 7) is 2.14. The SMILES string of the molecule is Cl.O=S(=O)(NCC1CCCNC1)c1ccccc1F. The van der Waals surface area contributed by atoms with Gasteiger partial charge in [0.05, 0.1) is 0 Å². The average molecular weight is 309 g/mol. The van der Waals surface area contributed by atoms with E-state index in [0.717, 1.165) is 32.0 Å². The molecule has 0 saturated carbocycles. The standard InChI is InChI=1S/C12H17FN2O2S.ClH/c13-11-5-1-2-6-12(11)18(16,17)15-9-10-4-3-7-14-8-10;/h1-2,5-6,10,14-15H,3-4,7-9H2;1H. The molecule has 1 aliphatic heterocycles. The zero-order valence-electron chi connectivity index (χ0n) is 10.4. The lowest BCUT2D eigenvalue weighted by Crippen LogP contribution is -2.38. The van der Waals surface area contributed by atoms with Gasteiger partial charge in [0, 0.05) is 6.54 Å². The molecule has 1 heterocycles. The smallest absolute Gasteiger partial charge is 0.243 e. The first-order valence-corrected chi connectivity index (χ1v) is 7.53. The number of hydrogen-bond acceptors (Lipinski definition) is 3. The third-order valence-corrected chi connectivity index (χ3v) is 4.54. The van der Waals surface area contributed by atoms with E-state index >= 15 is 0 Å². The fourth-order valence-electron chi connectivity index (χ4n) is 2.07. The number of hydrogen-bond donors (Lipinski definition) is 2. The summed E-state index contributed by atoms with van der Waals surface area (Å²) in [6, 6.07) is 5.41. The second kappa shape index (κ2) is 7.19. The van der Waals surface area contributed by atoms with Crippen molar-refractivity contribution in [1.82, 2.24) is 10.0 Å². The fraction of sp³-hybridized carbons (Fsp3) is 0.500. The lowest BCUT2D eigenvalue weighted by molar-refractivity contribution is 0.375. The zero-order valence-corrected chi connectivity index (χ0v) is 12.1. The van der Waals surface area contributed by atoms with Crippen LogP contribution in [-0.2, 0) is 10.0 Å². The number of sulfonamides is 1. The van der Waals surface area contributed by atoms with Crippen LogP contribution in [0.3, 0.4) is 0 Å². The van der Waals surface area contributed by atoms with Crippen LogP contribution in [0.2, 0.25) is 0 Å². The molecule has 1 aromatic carbocycles. The monoisotopic (exact) mass is 308 g/mol. The molecule has 0 spiro atoms. The minimum absolute atomic E-state index is 0. The van der Waals surface area contributed by atoms with E-state index in [0.29, 0.717) is 6.54 Å². The predicted octanol–water partition coefficient (Wildman–Crippen LogP) is 1.53. The Morgan fingerprint density at radius 2 is 2.11 bits per heavy atom. The Morgan fingerprint density at radius 1 is 1.37 bits per heavy atom. The van der Waals surface area contributed by atoms with Gasteiger partial charge in [-0.05, 0) is 44.0 Å². The van der Waals surface area contributed by atoms with Crippen molar-refractivity contribution < 1.29 is 12.8 Å². The van der Waals surface area contributed by atoms with Gasteiger partial charge >= 0.3 is 0 Å². The summed E-state index contributed by atoms with van der Waals surface area (Å²) in [5.41, 5.74) is 0. The van der Waals surface area contributed by atoms with Crippen LogP contribution in [0.15, 0.2) is 29.2 Å². The van der Waals surface area contributed by atoms with Crippen LogP contribution in [-0.4, -0.2) is 28.1 Å². The highest BCUT2D eigenvalue weighted by molar-refractivity contribution is 7.89. The van der Waals surface area contributed by atoms with E-state index in [1.807, 2.05) is 0 Å². The second-order valence-electron chi connectivity index (χ2n) is 4.49. The van der Waals surface area contributed by atoms with E-state index < -0.39 is 15.8 Å². The number of benzene rings is 1. The van der Waals surface area contributed by atoms with Crippen LogP contribution in [0.5, 0.6) is 0 Å². The molecule has 0 radical (unpaired) electrons. The van der Waals surface area contributed by atoms with E-state index in [1.165, 1.54) is 18.2 Å². The Hall–Kier alpha value is -0.690. The van der Waals surface area contributed by atoms with Gasteiger partial charge in [0.15, 0.2) is 0 Å².